The molecule has 0 N–H and O–H groups in total. The molecular weight excluding hydrogens is 196 g/mol. The van der Waals surface area contributed by atoms with Crippen molar-refractivity contribution in [3.8, 4) is 0 Å². The molecule has 0 aliphatic heterocycles. The van der Waals surface area contributed by atoms with E-state index in [-0.39, 0.29) is 6.29 Å². The van der Waals surface area contributed by atoms with E-state index >= 15 is 0 Å². The zero-order valence-corrected chi connectivity index (χ0v) is 7.67. The third kappa shape index (κ3) is 4.73. The number of rotatable bonds is 4. The largest absolute Gasteiger partial charge is 0.352 e. The average molecular weight is 207 g/mol. The van der Waals surface area contributed by atoms with Crippen LogP contribution in [0.15, 0.2) is 23.2 Å². The lowest BCUT2D eigenvalue weighted by Gasteiger charge is -2.05. The molecule has 10 heavy (non-hydrogen) atoms. The quantitative estimate of drug-likeness (QED) is 0.519. The van der Waals surface area contributed by atoms with Gasteiger partial charge >= 0.3 is 0 Å². The number of halogens is 1. The van der Waals surface area contributed by atoms with Gasteiger partial charge in [-0.2, -0.15) is 0 Å². The van der Waals surface area contributed by atoms with Crippen molar-refractivity contribution in [3.63, 3.8) is 0 Å². The van der Waals surface area contributed by atoms with E-state index < -0.39 is 0 Å². The van der Waals surface area contributed by atoms with Gasteiger partial charge in [-0.25, -0.2) is 0 Å². The van der Waals surface area contributed by atoms with Crippen LogP contribution in [0.1, 0.15) is 0 Å². The first kappa shape index (κ1) is 9.88. The van der Waals surface area contributed by atoms with Gasteiger partial charge in [-0.15, -0.1) is 0 Å². The summed E-state index contributed by atoms with van der Waals surface area (Å²) < 4.78 is 9.78. The van der Waals surface area contributed by atoms with E-state index in [4.69, 9.17) is 9.47 Å². The van der Waals surface area contributed by atoms with E-state index in [1.165, 1.54) is 0 Å². The van der Waals surface area contributed by atoms with Crippen LogP contribution in [-0.2, 0) is 9.47 Å². The highest BCUT2D eigenvalue weighted by molar-refractivity contribution is 9.11. The highest BCUT2D eigenvalue weighted by Gasteiger charge is 1.94. The van der Waals surface area contributed by atoms with Gasteiger partial charge in [0, 0.05) is 14.2 Å². The molecule has 58 valence electrons. The standard InChI is InChI=1S/C7H11BrO2/c1-9-7(10-2)5-3-4-6-8/h3-7H,1-2H3/b5-3+,6-4-. The van der Waals surface area contributed by atoms with Crippen molar-refractivity contribution in [2.24, 2.45) is 0 Å². The van der Waals surface area contributed by atoms with Gasteiger partial charge in [-0.05, 0) is 11.1 Å². The summed E-state index contributed by atoms with van der Waals surface area (Å²) in [6, 6.07) is 0. The van der Waals surface area contributed by atoms with Gasteiger partial charge in [0.15, 0.2) is 6.29 Å². The predicted octanol–water partition coefficient (Wildman–Crippen LogP) is 2.07. The molecule has 0 saturated heterocycles. The van der Waals surface area contributed by atoms with Gasteiger partial charge in [0.05, 0.1) is 0 Å². The molecule has 0 aromatic carbocycles. The Balaban J connectivity index is 3.60. The summed E-state index contributed by atoms with van der Waals surface area (Å²) >= 11 is 3.13. The third-order valence-corrected chi connectivity index (χ3v) is 1.22. The molecule has 0 aromatic heterocycles. The average Bonchev–Trinajstić information content (AvgIpc) is 1.99. The lowest BCUT2D eigenvalue weighted by atomic mass is 10.5. The van der Waals surface area contributed by atoms with Crippen LogP contribution < -0.4 is 0 Å². The molecule has 0 bridgehead atoms. The molecule has 2 nitrogen and oxygen atoms in total. The Morgan fingerprint density at radius 2 is 1.80 bits per heavy atom. The van der Waals surface area contributed by atoms with Crippen molar-refractivity contribution in [3.05, 3.63) is 23.2 Å². The van der Waals surface area contributed by atoms with Crippen LogP contribution in [-0.4, -0.2) is 20.5 Å². The summed E-state index contributed by atoms with van der Waals surface area (Å²) in [5.41, 5.74) is 0. The van der Waals surface area contributed by atoms with Crippen molar-refractivity contribution in [1.29, 1.82) is 0 Å². The van der Waals surface area contributed by atoms with Crippen LogP contribution in [0.25, 0.3) is 0 Å². The Morgan fingerprint density at radius 3 is 2.20 bits per heavy atom. The highest BCUT2D eigenvalue weighted by atomic mass is 79.9. The maximum Gasteiger partial charge on any atom is 0.176 e. The fourth-order valence-electron chi connectivity index (χ4n) is 0.450. The minimum absolute atomic E-state index is 0.247. The Labute approximate surface area is 69.6 Å². The van der Waals surface area contributed by atoms with E-state index in [9.17, 15) is 0 Å². The first-order chi connectivity index (χ1) is 4.85. The summed E-state index contributed by atoms with van der Waals surface area (Å²) in [5, 5.41) is 0. The fraction of sp³-hybridized carbons (Fsp3) is 0.429. The zero-order chi connectivity index (χ0) is 7.82. The summed E-state index contributed by atoms with van der Waals surface area (Å²) in [7, 11) is 3.19. The number of hydrogen-bond donors (Lipinski definition) is 0. The van der Waals surface area contributed by atoms with Gasteiger partial charge in [-0.1, -0.05) is 28.1 Å². The molecule has 0 spiro atoms. The van der Waals surface area contributed by atoms with E-state index in [0.29, 0.717) is 0 Å². The van der Waals surface area contributed by atoms with Crippen LogP contribution in [0.5, 0.6) is 0 Å². The van der Waals surface area contributed by atoms with Gasteiger partial charge in [0.1, 0.15) is 0 Å². The van der Waals surface area contributed by atoms with Gasteiger partial charge in [-0.3, -0.25) is 0 Å². The summed E-state index contributed by atoms with van der Waals surface area (Å²) in [6.45, 7) is 0. The number of ether oxygens (including phenoxy) is 2. The summed E-state index contributed by atoms with van der Waals surface area (Å²) in [6.07, 6.45) is 5.23. The highest BCUT2D eigenvalue weighted by Crippen LogP contribution is 1.93. The number of hydrogen-bond acceptors (Lipinski definition) is 2. The minimum Gasteiger partial charge on any atom is -0.352 e. The molecule has 0 fully saturated rings. The molecule has 0 amide bonds. The summed E-state index contributed by atoms with van der Waals surface area (Å²) in [4.78, 5) is 1.76. The molecular formula is C7H11BrO2. The van der Waals surface area contributed by atoms with E-state index in [1.807, 2.05) is 12.2 Å². The van der Waals surface area contributed by atoms with E-state index in [0.717, 1.165) is 0 Å². The molecule has 3 heteroatoms. The van der Waals surface area contributed by atoms with Crippen molar-refractivity contribution < 1.29 is 9.47 Å². The van der Waals surface area contributed by atoms with Crippen molar-refractivity contribution in [2.45, 2.75) is 6.29 Å². The molecule has 0 aromatic rings. The molecule has 0 radical (unpaired) electrons. The summed E-state index contributed by atoms with van der Waals surface area (Å²) in [5.74, 6) is 0. The number of allylic oxidation sites excluding steroid dienone is 2. The van der Waals surface area contributed by atoms with Gasteiger partial charge in [0.25, 0.3) is 0 Å². The topological polar surface area (TPSA) is 18.5 Å². The zero-order valence-electron chi connectivity index (χ0n) is 6.08. The second-order valence-corrected chi connectivity index (χ2v) is 2.07. The first-order valence-corrected chi connectivity index (χ1v) is 3.76. The van der Waals surface area contributed by atoms with Crippen LogP contribution in [0.3, 0.4) is 0 Å². The molecule has 0 aliphatic rings. The van der Waals surface area contributed by atoms with Gasteiger partial charge < -0.3 is 9.47 Å². The third-order valence-electron chi connectivity index (χ3n) is 0.917. The Hall–Kier alpha value is -0.120. The van der Waals surface area contributed by atoms with E-state index in [2.05, 4.69) is 15.9 Å². The lowest BCUT2D eigenvalue weighted by molar-refractivity contribution is -0.0666. The first-order valence-electron chi connectivity index (χ1n) is 2.84. The predicted molar refractivity (Wildman–Crippen MR) is 45.0 cm³/mol. The fourth-order valence-corrected chi connectivity index (χ4v) is 0.626. The van der Waals surface area contributed by atoms with E-state index in [1.54, 1.807) is 25.3 Å². The van der Waals surface area contributed by atoms with Crippen molar-refractivity contribution in [1.82, 2.24) is 0 Å². The van der Waals surface area contributed by atoms with Gasteiger partial charge in [0.2, 0.25) is 0 Å². The molecule has 0 atom stereocenters. The minimum atomic E-state index is -0.247. The molecule has 0 heterocycles. The second kappa shape index (κ2) is 6.99. The van der Waals surface area contributed by atoms with Crippen molar-refractivity contribution >= 4 is 15.9 Å². The SMILES string of the molecule is COC(/C=C/C=C\Br)OC. The lowest BCUT2D eigenvalue weighted by Crippen LogP contribution is -2.08. The van der Waals surface area contributed by atoms with Crippen LogP contribution in [0, 0.1) is 0 Å². The Morgan fingerprint density at radius 1 is 1.20 bits per heavy atom. The number of methoxy groups -OCH3 is 2. The maximum absolute atomic E-state index is 4.89. The smallest absolute Gasteiger partial charge is 0.176 e. The van der Waals surface area contributed by atoms with Crippen LogP contribution in [0.4, 0.5) is 0 Å². The van der Waals surface area contributed by atoms with Crippen LogP contribution >= 0.6 is 15.9 Å². The van der Waals surface area contributed by atoms with Crippen LogP contribution in [0.2, 0.25) is 0 Å². The second-order valence-electron chi connectivity index (χ2n) is 1.54. The Kier molecular flexibility index (Phi) is 6.91. The Bertz CT molecular complexity index is 117. The van der Waals surface area contributed by atoms with Crippen molar-refractivity contribution in [2.75, 3.05) is 14.2 Å². The molecule has 0 rings (SSSR count). The monoisotopic (exact) mass is 206 g/mol. The maximum atomic E-state index is 4.89. The molecule has 0 aliphatic carbocycles. The molecule has 0 saturated carbocycles. The molecule has 0 unspecified atom stereocenters. The normalized spacial score (nSPS) is 12.4.